The van der Waals surface area contributed by atoms with Gasteiger partial charge in [-0.15, -0.1) is 0 Å². The third-order valence-electron chi connectivity index (χ3n) is 4.35. The molecule has 134 valence electrons. The van der Waals surface area contributed by atoms with Crippen LogP contribution in [-0.2, 0) is 4.74 Å². The summed E-state index contributed by atoms with van der Waals surface area (Å²) in [4.78, 5) is 38.5. The maximum Gasteiger partial charge on any atom is 0.374 e. The number of halogens is 1. The molecule has 5 nitrogen and oxygen atoms in total. The topological polar surface area (TPSA) is 73.6 Å². The van der Waals surface area contributed by atoms with Crippen LogP contribution >= 0.6 is 15.9 Å². The first-order chi connectivity index (χ1) is 13.0. The lowest BCUT2D eigenvalue weighted by Gasteiger charge is -2.13. The summed E-state index contributed by atoms with van der Waals surface area (Å²) in [6, 6.07) is 13.6. The van der Waals surface area contributed by atoms with E-state index in [1.54, 1.807) is 55.5 Å². The predicted octanol–water partition coefficient (Wildman–Crippen LogP) is 4.66. The molecular weight excluding hydrogens is 412 g/mol. The van der Waals surface area contributed by atoms with Crippen LogP contribution in [0, 0.1) is 0 Å². The molecule has 0 atom stereocenters. The molecule has 0 bridgehead atoms. The van der Waals surface area contributed by atoms with E-state index in [1.807, 2.05) is 0 Å². The van der Waals surface area contributed by atoms with Crippen LogP contribution in [0.4, 0.5) is 0 Å². The van der Waals surface area contributed by atoms with Gasteiger partial charge < -0.3 is 9.15 Å². The van der Waals surface area contributed by atoms with Crippen LogP contribution in [0.3, 0.4) is 0 Å². The molecule has 0 spiro atoms. The molecule has 0 amide bonds. The van der Waals surface area contributed by atoms with E-state index in [0.29, 0.717) is 11.1 Å². The van der Waals surface area contributed by atoms with Gasteiger partial charge in [0.15, 0.2) is 11.5 Å². The van der Waals surface area contributed by atoms with Gasteiger partial charge in [0.2, 0.25) is 11.5 Å². The van der Waals surface area contributed by atoms with E-state index >= 15 is 0 Å². The number of rotatable bonds is 3. The van der Waals surface area contributed by atoms with E-state index in [-0.39, 0.29) is 40.6 Å². The van der Waals surface area contributed by atoms with E-state index in [4.69, 9.17) is 9.15 Å². The first kappa shape index (κ1) is 17.4. The Morgan fingerprint density at radius 2 is 1.59 bits per heavy atom. The van der Waals surface area contributed by atoms with Gasteiger partial charge in [-0.3, -0.25) is 9.59 Å². The Hall–Kier alpha value is -2.99. The monoisotopic (exact) mass is 424 g/mol. The van der Waals surface area contributed by atoms with Gasteiger partial charge in [0, 0.05) is 21.2 Å². The first-order valence-corrected chi connectivity index (χ1v) is 9.10. The van der Waals surface area contributed by atoms with Gasteiger partial charge in [-0.25, -0.2) is 4.79 Å². The number of hydrogen-bond donors (Lipinski definition) is 0. The Morgan fingerprint density at radius 1 is 0.963 bits per heavy atom. The first-order valence-electron chi connectivity index (χ1n) is 8.31. The van der Waals surface area contributed by atoms with Crippen LogP contribution in [0.2, 0.25) is 0 Å². The van der Waals surface area contributed by atoms with Gasteiger partial charge in [-0.1, -0.05) is 52.3 Å². The molecule has 1 heterocycles. The number of fused-ring (bicyclic) bond motifs is 2. The average molecular weight is 425 g/mol. The molecular formula is C21H13BrO5. The molecule has 0 radical (unpaired) electrons. The van der Waals surface area contributed by atoms with Gasteiger partial charge in [0.1, 0.15) is 0 Å². The molecule has 27 heavy (non-hydrogen) atoms. The number of hydrogen-bond acceptors (Lipinski definition) is 5. The quantitative estimate of drug-likeness (QED) is 0.447. The Labute approximate surface area is 163 Å². The Kier molecular flexibility index (Phi) is 4.28. The summed E-state index contributed by atoms with van der Waals surface area (Å²) in [5, 5.41) is 0. The van der Waals surface area contributed by atoms with E-state index < -0.39 is 11.8 Å². The third-order valence-corrected chi connectivity index (χ3v) is 4.88. The molecule has 1 aliphatic rings. The SMILES string of the molecule is CCOC(=O)c1oc2c(c1-c1ccc(Br)cc1)C(=O)c1ccccc1C2=O. The zero-order valence-corrected chi connectivity index (χ0v) is 15.8. The fraction of sp³-hybridized carbons (Fsp3) is 0.0952. The lowest BCUT2D eigenvalue weighted by atomic mass is 9.85. The zero-order valence-electron chi connectivity index (χ0n) is 14.2. The van der Waals surface area contributed by atoms with Crippen molar-refractivity contribution >= 4 is 33.5 Å². The second kappa shape index (κ2) is 6.63. The largest absolute Gasteiger partial charge is 0.460 e. The summed E-state index contributed by atoms with van der Waals surface area (Å²) in [6.45, 7) is 1.82. The molecule has 0 N–H and O–H groups in total. The lowest BCUT2D eigenvalue weighted by Crippen LogP contribution is -2.19. The van der Waals surface area contributed by atoms with Crippen molar-refractivity contribution in [3.63, 3.8) is 0 Å². The Bertz CT molecular complexity index is 1090. The fourth-order valence-corrected chi connectivity index (χ4v) is 3.44. The summed E-state index contributed by atoms with van der Waals surface area (Å²) in [5.41, 5.74) is 1.53. The number of furan rings is 1. The average Bonchev–Trinajstić information content (AvgIpc) is 3.08. The summed E-state index contributed by atoms with van der Waals surface area (Å²) in [5.74, 6) is -1.75. The summed E-state index contributed by atoms with van der Waals surface area (Å²) >= 11 is 3.36. The standard InChI is InChI=1S/C21H13BrO5/c1-2-26-21(25)20-15(11-7-9-12(22)10-8-11)16-17(23)13-5-3-4-6-14(13)18(24)19(16)27-20/h3-10H,2H2,1H3. The fourth-order valence-electron chi connectivity index (χ4n) is 3.18. The molecule has 0 unspecified atom stereocenters. The van der Waals surface area contributed by atoms with Crippen molar-refractivity contribution in [2.75, 3.05) is 6.61 Å². The molecule has 1 aliphatic carbocycles. The van der Waals surface area contributed by atoms with Crippen molar-refractivity contribution in [1.29, 1.82) is 0 Å². The molecule has 0 saturated heterocycles. The van der Waals surface area contributed by atoms with Gasteiger partial charge in [-0.2, -0.15) is 0 Å². The van der Waals surface area contributed by atoms with Crippen LogP contribution in [0.25, 0.3) is 11.1 Å². The predicted molar refractivity (Wildman–Crippen MR) is 101 cm³/mol. The molecule has 3 aromatic rings. The highest BCUT2D eigenvalue weighted by molar-refractivity contribution is 9.10. The highest BCUT2D eigenvalue weighted by Gasteiger charge is 2.39. The third kappa shape index (κ3) is 2.73. The van der Waals surface area contributed by atoms with Gasteiger partial charge in [0.25, 0.3) is 0 Å². The van der Waals surface area contributed by atoms with Crippen LogP contribution < -0.4 is 0 Å². The Balaban J connectivity index is 2.01. The molecule has 0 saturated carbocycles. The molecule has 4 rings (SSSR count). The minimum Gasteiger partial charge on any atom is -0.460 e. The molecule has 6 heteroatoms. The van der Waals surface area contributed by atoms with Crippen molar-refractivity contribution in [3.8, 4) is 11.1 Å². The van der Waals surface area contributed by atoms with Gasteiger partial charge >= 0.3 is 5.97 Å². The highest BCUT2D eigenvalue weighted by Crippen LogP contribution is 2.39. The smallest absolute Gasteiger partial charge is 0.374 e. The van der Waals surface area contributed by atoms with Crippen molar-refractivity contribution in [2.45, 2.75) is 6.92 Å². The van der Waals surface area contributed by atoms with Gasteiger partial charge in [-0.05, 0) is 24.6 Å². The maximum atomic E-state index is 13.1. The van der Waals surface area contributed by atoms with Crippen molar-refractivity contribution in [3.05, 3.63) is 81.2 Å². The van der Waals surface area contributed by atoms with E-state index in [0.717, 1.165) is 4.47 Å². The maximum absolute atomic E-state index is 13.1. The Morgan fingerprint density at radius 3 is 2.22 bits per heavy atom. The molecule has 1 aromatic heterocycles. The van der Waals surface area contributed by atoms with Gasteiger partial charge in [0.05, 0.1) is 12.2 Å². The van der Waals surface area contributed by atoms with Crippen LogP contribution in [0.1, 0.15) is 49.5 Å². The second-order valence-corrected chi connectivity index (χ2v) is 6.86. The van der Waals surface area contributed by atoms with E-state index in [1.165, 1.54) is 0 Å². The minimum absolute atomic E-state index is 0.101. The number of esters is 1. The second-order valence-electron chi connectivity index (χ2n) is 5.94. The normalized spacial score (nSPS) is 12.5. The number of ketones is 2. The van der Waals surface area contributed by atoms with Crippen molar-refractivity contribution in [1.82, 2.24) is 0 Å². The highest BCUT2D eigenvalue weighted by atomic mass is 79.9. The summed E-state index contributed by atoms with van der Waals surface area (Å²) < 4.78 is 11.5. The lowest BCUT2D eigenvalue weighted by molar-refractivity contribution is 0.0489. The molecule has 0 aliphatic heterocycles. The number of benzene rings is 2. The molecule has 0 fully saturated rings. The number of carbonyl (C=O) groups is 3. The van der Waals surface area contributed by atoms with E-state index in [9.17, 15) is 14.4 Å². The van der Waals surface area contributed by atoms with Crippen LogP contribution in [0.15, 0.2) is 57.4 Å². The van der Waals surface area contributed by atoms with Crippen molar-refractivity contribution in [2.24, 2.45) is 0 Å². The van der Waals surface area contributed by atoms with E-state index in [2.05, 4.69) is 15.9 Å². The van der Waals surface area contributed by atoms with Crippen LogP contribution in [0.5, 0.6) is 0 Å². The minimum atomic E-state index is -0.713. The zero-order chi connectivity index (χ0) is 19.1. The summed E-state index contributed by atoms with van der Waals surface area (Å²) in [6.07, 6.45) is 0. The number of ether oxygens (including phenoxy) is 1. The number of carbonyl (C=O) groups excluding carboxylic acids is 3. The summed E-state index contributed by atoms with van der Waals surface area (Å²) in [7, 11) is 0. The van der Waals surface area contributed by atoms with Crippen molar-refractivity contribution < 1.29 is 23.5 Å². The van der Waals surface area contributed by atoms with Crippen LogP contribution in [-0.4, -0.2) is 24.1 Å². The molecule has 2 aromatic carbocycles.